The summed E-state index contributed by atoms with van der Waals surface area (Å²) in [6.07, 6.45) is 4.86. The van der Waals surface area contributed by atoms with Gasteiger partial charge in [-0.25, -0.2) is 0 Å². The lowest BCUT2D eigenvalue weighted by molar-refractivity contribution is -0.131. The second-order valence-electron chi connectivity index (χ2n) is 7.54. The molecule has 0 N–H and O–H groups in total. The number of hydrogen-bond donors (Lipinski definition) is 0. The number of benzene rings is 1. The molecule has 0 aromatic heterocycles. The minimum atomic E-state index is -0.0746. The van der Waals surface area contributed by atoms with Crippen LogP contribution >= 0.6 is 0 Å². The van der Waals surface area contributed by atoms with Gasteiger partial charge in [-0.3, -0.25) is 4.79 Å². The number of aryl methyl sites for hydroxylation is 1. The molecule has 2 aliphatic rings. The standard InChI is InChI=1S/C19H27NO2/c1-14-7-10-20(11-8-14)18(21)13-15-4-5-17-16(12-15)6-9-19(2,3)22-17/h4-5,12,14H,6-11,13H2,1-3H3. The van der Waals surface area contributed by atoms with Crippen LogP contribution in [0.5, 0.6) is 5.75 Å². The Bertz CT molecular complexity index is 557. The minimum absolute atomic E-state index is 0.0746. The summed E-state index contributed by atoms with van der Waals surface area (Å²) in [6.45, 7) is 8.37. The molecule has 0 unspecified atom stereocenters. The first-order chi connectivity index (χ1) is 10.4. The number of ether oxygens (including phenoxy) is 1. The monoisotopic (exact) mass is 301 g/mol. The third-order valence-electron chi connectivity index (χ3n) is 5.00. The van der Waals surface area contributed by atoms with Crippen LogP contribution in [-0.2, 0) is 17.6 Å². The first-order valence-corrected chi connectivity index (χ1v) is 8.51. The van der Waals surface area contributed by atoms with Crippen LogP contribution in [0.1, 0.15) is 51.2 Å². The summed E-state index contributed by atoms with van der Waals surface area (Å²) in [5.41, 5.74) is 2.29. The van der Waals surface area contributed by atoms with E-state index in [2.05, 4.69) is 26.8 Å². The number of carbonyl (C=O) groups is 1. The zero-order chi connectivity index (χ0) is 15.7. The van der Waals surface area contributed by atoms with Gasteiger partial charge >= 0.3 is 0 Å². The van der Waals surface area contributed by atoms with Crippen molar-refractivity contribution in [2.24, 2.45) is 5.92 Å². The van der Waals surface area contributed by atoms with Crippen LogP contribution in [0.4, 0.5) is 0 Å². The van der Waals surface area contributed by atoms with E-state index in [1.807, 2.05) is 17.0 Å². The fourth-order valence-electron chi connectivity index (χ4n) is 3.37. The molecular formula is C19H27NO2. The average Bonchev–Trinajstić information content (AvgIpc) is 2.47. The fourth-order valence-corrected chi connectivity index (χ4v) is 3.37. The minimum Gasteiger partial charge on any atom is -0.488 e. The van der Waals surface area contributed by atoms with E-state index >= 15 is 0 Å². The van der Waals surface area contributed by atoms with Crippen LogP contribution in [0.15, 0.2) is 18.2 Å². The van der Waals surface area contributed by atoms with E-state index in [9.17, 15) is 4.79 Å². The summed E-state index contributed by atoms with van der Waals surface area (Å²) in [5.74, 6) is 2.01. The number of carbonyl (C=O) groups excluding carboxylic acids is 1. The van der Waals surface area contributed by atoms with E-state index in [-0.39, 0.29) is 11.5 Å². The summed E-state index contributed by atoms with van der Waals surface area (Å²) in [6, 6.07) is 6.25. The molecule has 120 valence electrons. The Kier molecular flexibility index (Phi) is 4.16. The van der Waals surface area contributed by atoms with Crippen LogP contribution in [-0.4, -0.2) is 29.5 Å². The third-order valence-corrected chi connectivity index (χ3v) is 5.00. The van der Waals surface area contributed by atoms with Crippen LogP contribution < -0.4 is 4.74 Å². The van der Waals surface area contributed by atoms with Crippen molar-refractivity contribution in [3.63, 3.8) is 0 Å². The molecule has 1 amide bonds. The van der Waals surface area contributed by atoms with E-state index in [4.69, 9.17) is 4.74 Å². The topological polar surface area (TPSA) is 29.5 Å². The van der Waals surface area contributed by atoms with Crippen molar-refractivity contribution >= 4 is 5.91 Å². The molecule has 0 spiro atoms. The zero-order valence-corrected chi connectivity index (χ0v) is 14.0. The first-order valence-electron chi connectivity index (χ1n) is 8.51. The SMILES string of the molecule is CC1CCN(C(=O)Cc2ccc3c(c2)CCC(C)(C)O3)CC1. The van der Waals surface area contributed by atoms with E-state index in [0.29, 0.717) is 6.42 Å². The Morgan fingerprint density at radius 1 is 1.32 bits per heavy atom. The van der Waals surface area contributed by atoms with Crippen molar-refractivity contribution in [3.05, 3.63) is 29.3 Å². The molecule has 3 nitrogen and oxygen atoms in total. The molecule has 0 aliphatic carbocycles. The Balaban J connectivity index is 1.65. The van der Waals surface area contributed by atoms with Gasteiger partial charge in [0.05, 0.1) is 6.42 Å². The van der Waals surface area contributed by atoms with Gasteiger partial charge in [0.15, 0.2) is 0 Å². The third kappa shape index (κ3) is 3.45. The number of hydrogen-bond acceptors (Lipinski definition) is 2. The van der Waals surface area contributed by atoms with Gasteiger partial charge in [-0.05, 0) is 62.6 Å². The second kappa shape index (κ2) is 5.94. The van der Waals surface area contributed by atoms with Crippen LogP contribution in [0, 0.1) is 5.92 Å². The van der Waals surface area contributed by atoms with E-state index in [1.165, 1.54) is 5.56 Å². The number of rotatable bonds is 2. The fraction of sp³-hybridized carbons (Fsp3) is 0.632. The van der Waals surface area contributed by atoms with Crippen molar-refractivity contribution < 1.29 is 9.53 Å². The van der Waals surface area contributed by atoms with Crippen LogP contribution in [0.2, 0.25) is 0 Å². The summed E-state index contributed by atoms with van der Waals surface area (Å²) in [5, 5.41) is 0. The predicted molar refractivity (Wildman–Crippen MR) is 88.2 cm³/mol. The van der Waals surface area contributed by atoms with Gasteiger partial charge in [0.2, 0.25) is 5.91 Å². The molecule has 0 saturated carbocycles. The van der Waals surface area contributed by atoms with Gasteiger partial charge in [-0.15, -0.1) is 0 Å². The summed E-state index contributed by atoms with van der Waals surface area (Å²) in [4.78, 5) is 14.5. The largest absolute Gasteiger partial charge is 0.488 e. The summed E-state index contributed by atoms with van der Waals surface area (Å²) >= 11 is 0. The first kappa shape index (κ1) is 15.4. The number of fused-ring (bicyclic) bond motifs is 1. The van der Waals surface area contributed by atoms with Crippen molar-refractivity contribution in [3.8, 4) is 5.75 Å². The molecule has 2 heterocycles. The lowest BCUT2D eigenvalue weighted by Gasteiger charge is -2.33. The maximum absolute atomic E-state index is 12.4. The molecule has 1 aromatic rings. The van der Waals surface area contributed by atoms with Crippen molar-refractivity contribution in [1.82, 2.24) is 4.90 Å². The van der Waals surface area contributed by atoms with Crippen molar-refractivity contribution in [2.75, 3.05) is 13.1 Å². The Morgan fingerprint density at radius 3 is 2.77 bits per heavy atom. The van der Waals surface area contributed by atoms with Gasteiger partial charge in [-0.1, -0.05) is 19.1 Å². The molecular weight excluding hydrogens is 274 g/mol. The van der Waals surface area contributed by atoms with E-state index < -0.39 is 0 Å². The molecule has 0 bridgehead atoms. The molecule has 1 fully saturated rings. The maximum Gasteiger partial charge on any atom is 0.226 e. The second-order valence-corrected chi connectivity index (χ2v) is 7.54. The van der Waals surface area contributed by atoms with E-state index in [1.54, 1.807) is 0 Å². The maximum atomic E-state index is 12.4. The number of piperidine rings is 1. The molecule has 3 rings (SSSR count). The molecule has 1 aromatic carbocycles. The predicted octanol–water partition coefficient (Wildman–Crippen LogP) is 3.59. The van der Waals surface area contributed by atoms with Crippen LogP contribution in [0.25, 0.3) is 0 Å². The Labute approximate surface area is 133 Å². The molecule has 3 heteroatoms. The summed E-state index contributed by atoms with van der Waals surface area (Å²) < 4.78 is 6.01. The smallest absolute Gasteiger partial charge is 0.226 e. The lowest BCUT2D eigenvalue weighted by atomic mass is 9.92. The molecule has 2 aliphatic heterocycles. The molecule has 1 saturated heterocycles. The zero-order valence-electron chi connectivity index (χ0n) is 14.0. The molecule has 22 heavy (non-hydrogen) atoms. The number of amides is 1. The highest BCUT2D eigenvalue weighted by Crippen LogP contribution is 2.33. The number of likely N-dealkylation sites (tertiary alicyclic amines) is 1. The Hall–Kier alpha value is -1.51. The lowest BCUT2D eigenvalue weighted by Crippen LogP contribution is -2.38. The van der Waals surface area contributed by atoms with Gasteiger partial charge < -0.3 is 9.64 Å². The van der Waals surface area contributed by atoms with E-state index in [0.717, 1.165) is 56.0 Å². The normalized spacial score (nSPS) is 21.1. The average molecular weight is 301 g/mol. The highest BCUT2D eigenvalue weighted by Gasteiger charge is 2.27. The molecule has 0 atom stereocenters. The van der Waals surface area contributed by atoms with Gasteiger partial charge in [0, 0.05) is 13.1 Å². The van der Waals surface area contributed by atoms with Crippen molar-refractivity contribution in [1.29, 1.82) is 0 Å². The van der Waals surface area contributed by atoms with Crippen molar-refractivity contribution in [2.45, 2.75) is 58.5 Å². The quantitative estimate of drug-likeness (QED) is 0.835. The molecule has 0 radical (unpaired) electrons. The number of nitrogens with zero attached hydrogens (tertiary/aromatic N) is 1. The van der Waals surface area contributed by atoms with Crippen LogP contribution in [0.3, 0.4) is 0 Å². The highest BCUT2D eigenvalue weighted by molar-refractivity contribution is 5.79. The highest BCUT2D eigenvalue weighted by atomic mass is 16.5. The van der Waals surface area contributed by atoms with Gasteiger partial charge in [0.25, 0.3) is 0 Å². The van der Waals surface area contributed by atoms with Gasteiger partial charge in [-0.2, -0.15) is 0 Å². The summed E-state index contributed by atoms with van der Waals surface area (Å²) in [7, 11) is 0. The Morgan fingerprint density at radius 2 is 2.05 bits per heavy atom. The van der Waals surface area contributed by atoms with Gasteiger partial charge in [0.1, 0.15) is 11.4 Å².